The summed E-state index contributed by atoms with van der Waals surface area (Å²) < 4.78 is 1.55. The van der Waals surface area contributed by atoms with Crippen molar-refractivity contribution in [1.82, 2.24) is 14.9 Å². The molecule has 0 saturated heterocycles. The molecule has 1 rings (SSSR count). The topological polar surface area (TPSA) is 64.0 Å². The van der Waals surface area contributed by atoms with E-state index in [1.54, 1.807) is 11.8 Å². The largest absolute Gasteiger partial charge is 0.354 e. The smallest absolute Gasteiger partial charge is 0.253 e. The number of thioether (sulfide) groups is 1. The quantitative estimate of drug-likeness (QED) is 0.862. The minimum atomic E-state index is -0.108. The average Bonchev–Trinajstić information content (AvgIpc) is 2.28. The lowest BCUT2D eigenvalue weighted by atomic mass is 10.3. The van der Waals surface area contributed by atoms with Crippen LogP contribution in [-0.2, 0) is 11.3 Å². The summed E-state index contributed by atoms with van der Waals surface area (Å²) in [7, 11) is 0. The normalized spacial score (nSPS) is 11.3. The summed E-state index contributed by atoms with van der Waals surface area (Å²) in [5.41, 5.74) is -0.108. The van der Waals surface area contributed by atoms with Gasteiger partial charge in [0.25, 0.3) is 5.56 Å². The SMILES string of the molecule is CC(C)(C)SCC(=O)NCCn1cnccc1=O. The van der Waals surface area contributed by atoms with Crippen LogP contribution in [0.2, 0.25) is 0 Å². The van der Waals surface area contributed by atoms with Gasteiger partial charge in [0.1, 0.15) is 0 Å². The number of amides is 1. The molecule has 1 heterocycles. The predicted octanol–water partition coefficient (Wildman–Crippen LogP) is 0.891. The van der Waals surface area contributed by atoms with Crippen LogP contribution in [0.25, 0.3) is 0 Å². The van der Waals surface area contributed by atoms with Gasteiger partial charge in [-0.05, 0) is 0 Å². The molecule has 0 aromatic carbocycles. The van der Waals surface area contributed by atoms with Gasteiger partial charge in [-0.25, -0.2) is 4.98 Å². The maximum absolute atomic E-state index is 11.5. The van der Waals surface area contributed by atoms with E-state index in [1.807, 2.05) is 0 Å². The second-order valence-electron chi connectivity index (χ2n) is 4.86. The Hall–Kier alpha value is -1.30. The van der Waals surface area contributed by atoms with E-state index >= 15 is 0 Å². The number of carbonyl (C=O) groups excluding carboxylic acids is 1. The Labute approximate surface area is 111 Å². The molecule has 5 nitrogen and oxygen atoms in total. The van der Waals surface area contributed by atoms with Crippen molar-refractivity contribution in [3.63, 3.8) is 0 Å². The molecule has 1 N–H and O–H groups in total. The minimum Gasteiger partial charge on any atom is -0.354 e. The van der Waals surface area contributed by atoms with Crippen molar-refractivity contribution in [3.05, 3.63) is 28.9 Å². The molecule has 100 valence electrons. The van der Waals surface area contributed by atoms with Gasteiger partial charge in [0, 0.05) is 30.1 Å². The van der Waals surface area contributed by atoms with E-state index in [0.29, 0.717) is 18.8 Å². The third-order valence-electron chi connectivity index (χ3n) is 2.10. The van der Waals surface area contributed by atoms with Crippen molar-refractivity contribution in [2.24, 2.45) is 0 Å². The third kappa shape index (κ3) is 5.86. The fraction of sp³-hybridized carbons (Fsp3) is 0.583. The fourth-order valence-electron chi connectivity index (χ4n) is 1.20. The predicted molar refractivity (Wildman–Crippen MR) is 73.7 cm³/mol. The lowest BCUT2D eigenvalue weighted by molar-refractivity contribution is -0.118. The zero-order valence-corrected chi connectivity index (χ0v) is 11.8. The Morgan fingerprint density at radius 3 is 2.83 bits per heavy atom. The molecule has 0 saturated carbocycles. The summed E-state index contributed by atoms with van der Waals surface area (Å²) in [6.07, 6.45) is 2.93. The second kappa shape index (κ2) is 6.58. The zero-order chi connectivity index (χ0) is 13.6. The number of nitrogens with one attached hydrogen (secondary N) is 1. The number of aromatic nitrogens is 2. The Morgan fingerprint density at radius 1 is 1.50 bits per heavy atom. The van der Waals surface area contributed by atoms with Gasteiger partial charge in [0.15, 0.2) is 0 Å². The second-order valence-corrected chi connectivity index (χ2v) is 6.67. The molecule has 1 aromatic rings. The Balaban J connectivity index is 2.28. The first-order valence-corrected chi connectivity index (χ1v) is 6.78. The first kappa shape index (κ1) is 14.8. The van der Waals surface area contributed by atoms with E-state index < -0.39 is 0 Å². The highest BCUT2D eigenvalue weighted by atomic mass is 32.2. The van der Waals surface area contributed by atoms with Crippen LogP contribution in [-0.4, -0.2) is 32.5 Å². The Morgan fingerprint density at radius 2 is 2.22 bits per heavy atom. The van der Waals surface area contributed by atoms with E-state index in [-0.39, 0.29) is 16.2 Å². The van der Waals surface area contributed by atoms with Gasteiger partial charge >= 0.3 is 0 Å². The van der Waals surface area contributed by atoms with Crippen molar-refractivity contribution in [3.8, 4) is 0 Å². The van der Waals surface area contributed by atoms with Crippen LogP contribution in [0.4, 0.5) is 0 Å². The first-order chi connectivity index (χ1) is 8.38. The summed E-state index contributed by atoms with van der Waals surface area (Å²) in [6.45, 7) is 7.09. The van der Waals surface area contributed by atoms with Crippen molar-refractivity contribution >= 4 is 17.7 Å². The molecule has 0 spiro atoms. The third-order valence-corrected chi connectivity index (χ3v) is 3.38. The molecule has 0 atom stereocenters. The van der Waals surface area contributed by atoms with E-state index in [4.69, 9.17) is 0 Å². The Bertz CT molecular complexity index is 451. The molecule has 0 aliphatic heterocycles. The number of hydrogen-bond acceptors (Lipinski definition) is 4. The first-order valence-electron chi connectivity index (χ1n) is 5.79. The van der Waals surface area contributed by atoms with Crippen molar-refractivity contribution in [2.45, 2.75) is 32.1 Å². The van der Waals surface area contributed by atoms with Crippen LogP contribution in [0.15, 0.2) is 23.4 Å². The highest BCUT2D eigenvalue weighted by Crippen LogP contribution is 2.22. The van der Waals surface area contributed by atoms with Crippen LogP contribution in [0.5, 0.6) is 0 Å². The molecule has 18 heavy (non-hydrogen) atoms. The summed E-state index contributed by atoms with van der Waals surface area (Å²) >= 11 is 1.60. The average molecular weight is 269 g/mol. The maximum Gasteiger partial charge on any atom is 0.253 e. The molecule has 1 amide bonds. The number of hydrogen-bond donors (Lipinski definition) is 1. The van der Waals surface area contributed by atoms with E-state index in [1.165, 1.54) is 23.2 Å². The highest BCUT2D eigenvalue weighted by Gasteiger charge is 2.12. The van der Waals surface area contributed by atoms with Gasteiger partial charge < -0.3 is 5.32 Å². The van der Waals surface area contributed by atoms with Gasteiger partial charge in [-0.1, -0.05) is 20.8 Å². The highest BCUT2D eigenvalue weighted by molar-refractivity contribution is 8.01. The lowest BCUT2D eigenvalue weighted by Gasteiger charge is -2.17. The molecule has 0 bridgehead atoms. The lowest BCUT2D eigenvalue weighted by Crippen LogP contribution is -2.32. The molecule has 6 heteroatoms. The van der Waals surface area contributed by atoms with Crippen LogP contribution in [0, 0.1) is 0 Å². The van der Waals surface area contributed by atoms with E-state index in [9.17, 15) is 9.59 Å². The summed E-state index contributed by atoms with van der Waals surface area (Å²) in [5, 5.41) is 2.78. The molecular formula is C12H19N3O2S. The molecule has 0 radical (unpaired) electrons. The molecule has 0 aliphatic carbocycles. The fourth-order valence-corrected chi connectivity index (χ4v) is 1.86. The molecule has 0 fully saturated rings. The zero-order valence-electron chi connectivity index (χ0n) is 11.0. The monoisotopic (exact) mass is 269 g/mol. The summed E-state index contributed by atoms with van der Waals surface area (Å²) in [6, 6.07) is 1.40. The van der Waals surface area contributed by atoms with Crippen LogP contribution in [0.1, 0.15) is 20.8 Å². The Kier molecular flexibility index (Phi) is 5.40. The number of nitrogens with zero attached hydrogens (tertiary/aromatic N) is 2. The standard InChI is InChI=1S/C12H19N3O2S/c1-12(2,3)18-8-10(16)14-6-7-15-9-13-5-4-11(15)17/h4-5,9H,6-8H2,1-3H3,(H,14,16). The molecular weight excluding hydrogens is 250 g/mol. The van der Waals surface area contributed by atoms with Crippen molar-refractivity contribution in [1.29, 1.82) is 0 Å². The van der Waals surface area contributed by atoms with E-state index in [0.717, 1.165) is 0 Å². The molecule has 0 unspecified atom stereocenters. The van der Waals surface area contributed by atoms with Gasteiger partial charge in [-0.15, -0.1) is 11.8 Å². The van der Waals surface area contributed by atoms with Gasteiger partial charge in [0.05, 0.1) is 12.1 Å². The number of rotatable bonds is 5. The number of carbonyl (C=O) groups is 1. The molecule has 1 aromatic heterocycles. The van der Waals surface area contributed by atoms with Crippen LogP contribution in [0.3, 0.4) is 0 Å². The molecule has 0 aliphatic rings. The van der Waals surface area contributed by atoms with Crippen molar-refractivity contribution in [2.75, 3.05) is 12.3 Å². The maximum atomic E-state index is 11.5. The van der Waals surface area contributed by atoms with Gasteiger partial charge in [-0.3, -0.25) is 14.2 Å². The van der Waals surface area contributed by atoms with Gasteiger partial charge in [0.2, 0.25) is 5.91 Å². The van der Waals surface area contributed by atoms with Crippen LogP contribution < -0.4 is 10.9 Å². The van der Waals surface area contributed by atoms with Gasteiger partial charge in [-0.2, -0.15) is 0 Å². The van der Waals surface area contributed by atoms with Crippen molar-refractivity contribution < 1.29 is 4.79 Å². The minimum absolute atomic E-state index is 0.00753. The van der Waals surface area contributed by atoms with Crippen LogP contribution >= 0.6 is 11.8 Å². The van der Waals surface area contributed by atoms with E-state index in [2.05, 4.69) is 31.1 Å². The summed E-state index contributed by atoms with van der Waals surface area (Å²) in [4.78, 5) is 26.7. The summed E-state index contributed by atoms with van der Waals surface area (Å²) in [5.74, 6) is 0.428.